The lowest BCUT2D eigenvalue weighted by Gasteiger charge is -2.15. The number of nitrogens with zero attached hydrogens (tertiary/aromatic N) is 2. The van der Waals surface area contributed by atoms with Gasteiger partial charge in [0.2, 0.25) is 0 Å². The quantitative estimate of drug-likeness (QED) is 0.742. The maximum Gasteiger partial charge on any atom is 0.185 e. The van der Waals surface area contributed by atoms with E-state index in [1.165, 1.54) is 0 Å². The van der Waals surface area contributed by atoms with Gasteiger partial charge in [-0.2, -0.15) is 0 Å². The molecule has 0 radical (unpaired) electrons. The third kappa shape index (κ3) is 3.73. The van der Waals surface area contributed by atoms with E-state index in [2.05, 4.69) is 34.6 Å². The molecule has 0 aliphatic heterocycles. The smallest absolute Gasteiger partial charge is 0.185 e. The summed E-state index contributed by atoms with van der Waals surface area (Å²) in [4.78, 5) is 6.78. The SMILES string of the molecule is CNC(C)c1csc(N(C)CCCOC)n1. The van der Waals surface area contributed by atoms with E-state index in [9.17, 15) is 0 Å². The van der Waals surface area contributed by atoms with Gasteiger partial charge in [-0.15, -0.1) is 11.3 Å². The highest BCUT2D eigenvalue weighted by Gasteiger charge is 2.10. The zero-order valence-corrected chi connectivity index (χ0v) is 11.3. The number of anilines is 1. The van der Waals surface area contributed by atoms with Crippen molar-refractivity contribution in [3.8, 4) is 0 Å². The molecule has 0 saturated carbocycles. The first kappa shape index (κ1) is 13.4. The Morgan fingerprint density at radius 2 is 2.38 bits per heavy atom. The maximum atomic E-state index is 5.04. The molecule has 1 atom stereocenters. The Kier molecular flexibility index (Phi) is 5.73. The number of hydrogen-bond donors (Lipinski definition) is 1. The fourth-order valence-corrected chi connectivity index (χ4v) is 2.25. The minimum Gasteiger partial charge on any atom is -0.385 e. The van der Waals surface area contributed by atoms with Crippen molar-refractivity contribution in [2.45, 2.75) is 19.4 Å². The Morgan fingerprint density at radius 3 is 3.00 bits per heavy atom. The second-order valence-electron chi connectivity index (χ2n) is 3.83. The Hall–Kier alpha value is -0.650. The summed E-state index contributed by atoms with van der Waals surface area (Å²) in [6.45, 7) is 3.90. The molecule has 0 fully saturated rings. The van der Waals surface area contributed by atoms with Gasteiger partial charge in [-0.1, -0.05) is 0 Å². The van der Waals surface area contributed by atoms with Crippen LogP contribution in [0.4, 0.5) is 5.13 Å². The summed E-state index contributed by atoms with van der Waals surface area (Å²) in [6, 6.07) is 0.317. The van der Waals surface area contributed by atoms with Crippen molar-refractivity contribution in [1.82, 2.24) is 10.3 Å². The van der Waals surface area contributed by atoms with Crippen molar-refractivity contribution in [1.29, 1.82) is 0 Å². The molecular weight excluding hydrogens is 222 g/mol. The lowest BCUT2D eigenvalue weighted by molar-refractivity contribution is 0.196. The third-order valence-electron chi connectivity index (χ3n) is 2.56. The van der Waals surface area contributed by atoms with E-state index in [0.29, 0.717) is 6.04 Å². The molecule has 0 amide bonds. The highest BCUT2D eigenvalue weighted by atomic mass is 32.1. The molecule has 4 nitrogen and oxygen atoms in total. The summed E-state index contributed by atoms with van der Waals surface area (Å²) in [5, 5.41) is 6.38. The van der Waals surface area contributed by atoms with E-state index in [1.54, 1.807) is 18.4 Å². The van der Waals surface area contributed by atoms with Crippen molar-refractivity contribution < 1.29 is 4.74 Å². The van der Waals surface area contributed by atoms with Gasteiger partial charge in [0.15, 0.2) is 5.13 Å². The summed E-state index contributed by atoms with van der Waals surface area (Å²) in [5.41, 5.74) is 1.11. The van der Waals surface area contributed by atoms with Crippen LogP contribution in [0.15, 0.2) is 5.38 Å². The van der Waals surface area contributed by atoms with Gasteiger partial charge in [0.05, 0.1) is 5.69 Å². The molecule has 1 aromatic rings. The molecule has 1 aromatic heterocycles. The van der Waals surface area contributed by atoms with E-state index < -0.39 is 0 Å². The minimum absolute atomic E-state index is 0.317. The standard InChI is InChI=1S/C11H21N3OS/c1-9(12-2)10-8-16-11(13-10)14(3)6-5-7-15-4/h8-9,12H,5-7H2,1-4H3. The van der Waals surface area contributed by atoms with Crippen molar-refractivity contribution in [2.75, 3.05) is 39.3 Å². The van der Waals surface area contributed by atoms with Crippen LogP contribution < -0.4 is 10.2 Å². The van der Waals surface area contributed by atoms with Crippen LogP contribution in [0.1, 0.15) is 25.1 Å². The Morgan fingerprint density at radius 1 is 1.62 bits per heavy atom. The summed E-state index contributed by atoms with van der Waals surface area (Å²) in [6.07, 6.45) is 1.03. The van der Waals surface area contributed by atoms with Gasteiger partial charge in [-0.25, -0.2) is 4.98 Å². The van der Waals surface area contributed by atoms with Crippen molar-refractivity contribution in [2.24, 2.45) is 0 Å². The molecule has 92 valence electrons. The van der Waals surface area contributed by atoms with Crippen molar-refractivity contribution in [3.05, 3.63) is 11.1 Å². The van der Waals surface area contributed by atoms with Crippen LogP contribution >= 0.6 is 11.3 Å². The first-order valence-corrected chi connectivity index (χ1v) is 6.39. The summed E-state index contributed by atoms with van der Waals surface area (Å²) < 4.78 is 5.04. The lowest BCUT2D eigenvalue weighted by atomic mass is 10.3. The highest BCUT2D eigenvalue weighted by Crippen LogP contribution is 2.22. The number of rotatable bonds is 7. The highest BCUT2D eigenvalue weighted by molar-refractivity contribution is 7.13. The fourth-order valence-electron chi connectivity index (χ4n) is 1.34. The van der Waals surface area contributed by atoms with E-state index in [0.717, 1.165) is 30.4 Å². The van der Waals surface area contributed by atoms with Gasteiger partial charge >= 0.3 is 0 Å². The predicted molar refractivity (Wildman–Crippen MR) is 69.4 cm³/mol. The molecule has 5 heteroatoms. The number of nitrogens with one attached hydrogen (secondary N) is 1. The minimum atomic E-state index is 0.317. The molecule has 0 saturated heterocycles. The molecule has 0 aromatic carbocycles. The number of methoxy groups -OCH3 is 1. The van der Waals surface area contributed by atoms with E-state index in [1.807, 2.05) is 7.05 Å². The van der Waals surface area contributed by atoms with E-state index >= 15 is 0 Å². The van der Waals surface area contributed by atoms with E-state index in [-0.39, 0.29) is 0 Å². The van der Waals surface area contributed by atoms with Gasteiger partial charge in [0.25, 0.3) is 0 Å². The molecular formula is C11H21N3OS. The maximum absolute atomic E-state index is 5.04. The predicted octanol–water partition coefficient (Wildman–Crippen LogP) is 1.90. The lowest BCUT2D eigenvalue weighted by Crippen LogP contribution is -2.20. The first-order valence-electron chi connectivity index (χ1n) is 5.51. The van der Waals surface area contributed by atoms with Gasteiger partial charge in [-0.3, -0.25) is 0 Å². The topological polar surface area (TPSA) is 37.4 Å². The van der Waals surface area contributed by atoms with Gasteiger partial charge < -0.3 is 15.0 Å². The molecule has 1 rings (SSSR count). The summed E-state index contributed by atoms with van der Waals surface area (Å²) >= 11 is 1.69. The summed E-state index contributed by atoms with van der Waals surface area (Å²) in [5.74, 6) is 0. The fraction of sp³-hybridized carbons (Fsp3) is 0.727. The van der Waals surface area contributed by atoms with Gasteiger partial charge in [0, 0.05) is 38.7 Å². The Balaban J connectivity index is 2.49. The van der Waals surface area contributed by atoms with Gasteiger partial charge in [0.1, 0.15) is 0 Å². The number of thiazole rings is 1. The average molecular weight is 243 g/mol. The van der Waals surface area contributed by atoms with Crippen LogP contribution in [0, 0.1) is 0 Å². The van der Waals surface area contributed by atoms with Crippen LogP contribution in [0.5, 0.6) is 0 Å². The van der Waals surface area contributed by atoms with Crippen LogP contribution in [0.25, 0.3) is 0 Å². The van der Waals surface area contributed by atoms with Crippen molar-refractivity contribution in [3.63, 3.8) is 0 Å². The molecule has 1 heterocycles. The third-order valence-corrected chi connectivity index (χ3v) is 3.53. The molecule has 1 N–H and O–H groups in total. The monoisotopic (exact) mass is 243 g/mol. The largest absolute Gasteiger partial charge is 0.385 e. The van der Waals surface area contributed by atoms with Crippen LogP contribution in [-0.2, 0) is 4.74 Å². The Bertz CT molecular complexity index is 303. The first-order chi connectivity index (χ1) is 7.69. The van der Waals surface area contributed by atoms with E-state index in [4.69, 9.17) is 4.74 Å². The number of ether oxygens (including phenoxy) is 1. The second-order valence-corrected chi connectivity index (χ2v) is 4.67. The van der Waals surface area contributed by atoms with Crippen LogP contribution in [-0.4, -0.2) is 39.3 Å². The molecule has 0 spiro atoms. The van der Waals surface area contributed by atoms with Gasteiger partial charge in [-0.05, 0) is 20.4 Å². The molecule has 1 unspecified atom stereocenters. The number of aromatic nitrogens is 1. The molecule has 0 bridgehead atoms. The molecule has 0 aliphatic carbocycles. The summed E-state index contributed by atoms with van der Waals surface area (Å²) in [7, 11) is 5.75. The van der Waals surface area contributed by atoms with Crippen molar-refractivity contribution >= 4 is 16.5 Å². The normalized spacial score (nSPS) is 12.8. The molecule has 16 heavy (non-hydrogen) atoms. The molecule has 0 aliphatic rings. The average Bonchev–Trinajstić information content (AvgIpc) is 2.77. The zero-order valence-electron chi connectivity index (χ0n) is 10.5. The Labute approximate surface area is 102 Å². The van der Waals surface area contributed by atoms with Crippen LogP contribution in [0.2, 0.25) is 0 Å². The number of hydrogen-bond acceptors (Lipinski definition) is 5. The van der Waals surface area contributed by atoms with Crippen LogP contribution in [0.3, 0.4) is 0 Å². The second kappa shape index (κ2) is 6.83. The zero-order chi connectivity index (χ0) is 12.0.